The van der Waals surface area contributed by atoms with E-state index in [4.69, 9.17) is 9.88 Å². The van der Waals surface area contributed by atoms with Gasteiger partial charge in [0.15, 0.2) is 0 Å². The molecule has 0 spiro atoms. The average Bonchev–Trinajstić information content (AvgIpc) is 2.82. The number of anilines is 1. The maximum atomic E-state index is 11.7. The molecule has 0 radical (unpaired) electrons. The number of nitrogens with one attached hydrogen (secondary N) is 1. The van der Waals surface area contributed by atoms with Crippen LogP contribution >= 0.6 is 0 Å². The first kappa shape index (κ1) is 13.0. The quantitative estimate of drug-likeness (QED) is 0.833. The van der Waals surface area contributed by atoms with Crippen molar-refractivity contribution in [2.45, 2.75) is 23.8 Å². The van der Waals surface area contributed by atoms with E-state index in [-0.39, 0.29) is 10.8 Å². The van der Waals surface area contributed by atoms with Gasteiger partial charge in [-0.05, 0) is 37.1 Å². The molecule has 98 valence electrons. The van der Waals surface area contributed by atoms with Crippen LogP contribution in [0, 0.1) is 0 Å². The van der Waals surface area contributed by atoms with Crippen molar-refractivity contribution in [3.8, 4) is 0 Å². The molecule has 0 unspecified atom stereocenters. The van der Waals surface area contributed by atoms with Crippen LogP contribution in [-0.4, -0.2) is 27.0 Å². The molecule has 1 saturated heterocycles. The van der Waals surface area contributed by atoms with E-state index in [1.165, 1.54) is 24.3 Å². The molecule has 0 saturated carbocycles. The number of carbonyl (C=O) groups excluding carboxylic acids is 1. The average molecular weight is 270 g/mol. The highest BCUT2D eigenvalue weighted by Crippen LogP contribution is 2.16. The molecule has 1 amide bonds. The van der Waals surface area contributed by atoms with Crippen molar-refractivity contribution in [1.29, 1.82) is 0 Å². The Kier molecular flexibility index (Phi) is 3.65. The predicted molar refractivity (Wildman–Crippen MR) is 65.4 cm³/mol. The molecule has 7 heteroatoms. The summed E-state index contributed by atoms with van der Waals surface area (Å²) in [5, 5.41) is 7.64. The smallest absolute Gasteiger partial charge is 0.253 e. The molecule has 0 aliphatic carbocycles. The van der Waals surface area contributed by atoms with Gasteiger partial charge in [0.2, 0.25) is 10.0 Å². The maximum absolute atomic E-state index is 11.7. The van der Waals surface area contributed by atoms with Crippen molar-refractivity contribution in [3.63, 3.8) is 0 Å². The number of primary sulfonamides is 1. The minimum Gasteiger partial charge on any atom is -0.368 e. The van der Waals surface area contributed by atoms with Gasteiger partial charge in [-0.1, -0.05) is 0 Å². The Bertz CT molecular complexity index is 533. The number of sulfonamides is 1. The number of rotatable bonds is 3. The van der Waals surface area contributed by atoms with Crippen LogP contribution in [0.3, 0.4) is 0 Å². The van der Waals surface area contributed by atoms with E-state index in [1.807, 2.05) is 0 Å². The van der Waals surface area contributed by atoms with Gasteiger partial charge in [0, 0.05) is 12.3 Å². The van der Waals surface area contributed by atoms with Crippen molar-refractivity contribution in [2.24, 2.45) is 5.14 Å². The lowest BCUT2D eigenvalue weighted by Crippen LogP contribution is -2.26. The fourth-order valence-corrected chi connectivity index (χ4v) is 2.25. The molecular formula is C11H14N2O4S. The normalized spacial score (nSPS) is 19.7. The molecule has 18 heavy (non-hydrogen) atoms. The standard InChI is InChI=1S/C11H14N2O4S/c12-18(15,16)9-5-3-8(4-6-9)13-11(14)10-2-1-7-17-10/h3-6,10H,1-2,7H2,(H,13,14)(H2,12,15,16)/t10-/m1/s1. The van der Waals surface area contributed by atoms with E-state index in [2.05, 4.69) is 5.32 Å². The van der Waals surface area contributed by atoms with E-state index >= 15 is 0 Å². The number of hydrogen-bond acceptors (Lipinski definition) is 4. The number of carbonyl (C=O) groups is 1. The second kappa shape index (κ2) is 5.05. The number of hydrogen-bond donors (Lipinski definition) is 2. The Hall–Kier alpha value is -1.44. The minimum absolute atomic E-state index is 0.0117. The summed E-state index contributed by atoms with van der Waals surface area (Å²) < 4.78 is 27.3. The van der Waals surface area contributed by atoms with Gasteiger partial charge in [-0.3, -0.25) is 4.79 Å². The van der Waals surface area contributed by atoms with E-state index in [0.717, 1.165) is 6.42 Å². The molecule has 1 aromatic rings. The summed E-state index contributed by atoms with van der Waals surface area (Å²) in [6.07, 6.45) is 1.17. The molecule has 1 aliphatic rings. The fraction of sp³-hybridized carbons (Fsp3) is 0.364. The third kappa shape index (κ3) is 3.06. The molecule has 1 heterocycles. The summed E-state index contributed by atoms with van der Waals surface area (Å²) >= 11 is 0. The van der Waals surface area contributed by atoms with E-state index in [9.17, 15) is 13.2 Å². The first-order valence-corrected chi connectivity index (χ1v) is 7.07. The van der Waals surface area contributed by atoms with Gasteiger partial charge in [0.05, 0.1) is 4.90 Å². The first-order valence-electron chi connectivity index (χ1n) is 5.52. The summed E-state index contributed by atoms with van der Waals surface area (Å²) in [6.45, 7) is 0.600. The maximum Gasteiger partial charge on any atom is 0.253 e. The summed E-state index contributed by atoms with van der Waals surface area (Å²) in [4.78, 5) is 11.7. The number of amides is 1. The van der Waals surface area contributed by atoms with Crippen LogP contribution in [0.5, 0.6) is 0 Å². The molecule has 0 aromatic heterocycles. The molecule has 0 bridgehead atoms. The van der Waals surface area contributed by atoms with Crippen LogP contribution in [0.2, 0.25) is 0 Å². The van der Waals surface area contributed by atoms with Gasteiger partial charge in [-0.25, -0.2) is 13.6 Å². The van der Waals surface area contributed by atoms with Crippen molar-refractivity contribution in [3.05, 3.63) is 24.3 Å². The number of benzene rings is 1. The van der Waals surface area contributed by atoms with Gasteiger partial charge < -0.3 is 10.1 Å². The lowest BCUT2D eigenvalue weighted by Gasteiger charge is -2.10. The second-order valence-electron chi connectivity index (χ2n) is 4.06. The van der Waals surface area contributed by atoms with Gasteiger partial charge in [-0.2, -0.15) is 0 Å². The highest BCUT2D eigenvalue weighted by molar-refractivity contribution is 7.89. The summed E-state index contributed by atoms with van der Waals surface area (Å²) in [6, 6.07) is 5.68. The van der Waals surface area contributed by atoms with Crippen LogP contribution in [0.1, 0.15) is 12.8 Å². The predicted octanol–water partition coefficient (Wildman–Crippen LogP) is 0.451. The van der Waals surface area contributed by atoms with Crippen LogP contribution in [-0.2, 0) is 19.6 Å². The minimum atomic E-state index is -3.70. The number of ether oxygens (including phenoxy) is 1. The highest BCUT2D eigenvalue weighted by Gasteiger charge is 2.23. The zero-order valence-corrected chi connectivity index (χ0v) is 10.4. The zero-order valence-electron chi connectivity index (χ0n) is 9.63. The Morgan fingerprint density at radius 3 is 2.50 bits per heavy atom. The highest BCUT2D eigenvalue weighted by atomic mass is 32.2. The summed E-state index contributed by atoms with van der Waals surface area (Å²) in [5.74, 6) is -0.212. The van der Waals surface area contributed by atoms with Crippen molar-refractivity contribution < 1.29 is 17.9 Å². The Morgan fingerprint density at radius 1 is 1.33 bits per heavy atom. The third-order valence-electron chi connectivity index (χ3n) is 2.67. The van der Waals surface area contributed by atoms with Crippen LogP contribution in [0.4, 0.5) is 5.69 Å². The summed E-state index contributed by atoms with van der Waals surface area (Å²) in [5.41, 5.74) is 0.517. The Labute approximate surface area is 105 Å². The van der Waals surface area contributed by atoms with Crippen molar-refractivity contribution in [1.82, 2.24) is 0 Å². The van der Waals surface area contributed by atoms with Crippen molar-refractivity contribution in [2.75, 3.05) is 11.9 Å². The van der Waals surface area contributed by atoms with E-state index in [0.29, 0.717) is 18.7 Å². The molecule has 1 aliphatic heterocycles. The van der Waals surface area contributed by atoms with Gasteiger partial charge in [0.25, 0.3) is 5.91 Å². The largest absolute Gasteiger partial charge is 0.368 e. The Balaban J connectivity index is 2.04. The van der Waals surface area contributed by atoms with Crippen molar-refractivity contribution >= 4 is 21.6 Å². The molecule has 1 atom stereocenters. The van der Waals surface area contributed by atoms with Gasteiger partial charge in [-0.15, -0.1) is 0 Å². The van der Waals surface area contributed by atoms with Crippen LogP contribution in [0.15, 0.2) is 29.2 Å². The summed E-state index contributed by atoms with van der Waals surface area (Å²) in [7, 11) is -3.70. The second-order valence-corrected chi connectivity index (χ2v) is 5.62. The van der Waals surface area contributed by atoms with Crippen LogP contribution in [0.25, 0.3) is 0 Å². The van der Waals surface area contributed by atoms with Crippen LogP contribution < -0.4 is 10.5 Å². The molecular weight excluding hydrogens is 256 g/mol. The lowest BCUT2D eigenvalue weighted by molar-refractivity contribution is -0.124. The molecule has 3 N–H and O–H groups in total. The third-order valence-corrected chi connectivity index (χ3v) is 3.60. The number of nitrogens with two attached hydrogens (primary N) is 1. The SMILES string of the molecule is NS(=O)(=O)c1ccc(NC(=O)[C@H]2CCCO2)cc1. The molecule has 6 nitrogen and oxygen atoms in total. The lowest BCUT2D eigenvalue weighted by atomic mass is 10.2. The van der Waals surface area contributed by atoms with E-state index < -0.39 is 16.1 Å². The van der Waals surface area contributed by atoms with E-state index in [1.54, 1.807) is 0 Å². The topological polar surface area (TPSA) is 98.5 Å². The molecule has 2 rings (SSSR count). The Morgan fingerprint density at radius 2 is 2.00 bits per heavy atom. The fourth-order valence-electron chi connectivity index (χ4n) is 1.74. The zero-order chi connectivity index (χ0) is 13.2. The van der Waals surface area contributed by atoms with Gasteiger partial charge in [0.1, 0.15) is 6.10 Å². The molecule has 1 fully saturated rings. The van der Waals surface area contributed by atoms with Gasteiger partial charge >= 0.3 is 0 Å². The molecule has 1 aromatic carbocycles. The monoisotopic (exact) mass is 270 g/mol. The first-order chi connectivity index (χ1) is 8.47.